The van der Waals surface area contributed by atoms with Gasteiger partial charge in [-0.3, -0.25) is 25.7 Å². The van der Waals surface area contributed by atoms with Gasteiger partial charge in [0.05, 0.1) is 21.6 Å². The van der Waals surface area contributed by atoms with Crippen LogP contribution in [0.2, 0.25) is 0 Å². The lowest BCUT2D eigenvalue weighted by atomic mass is 9.89. The Morgan fingerprint density at radius 3 is 2.23 bits per heavy atom. The van der Waals surface area contributed by atoms with E-state index in [1.165, 1.54) is 12.1 Å². The number of nitrogens with one attached hydrogen (secondary N) is 1. The lowest BCUT2D eigenvalue weighted by molar-refractivity contribution is -0.393. The van der Waals surface area contributed by atoms with E-state index < -0.39 is 15.5 Å². The quantitative estimate of drug-likeness (QED) is 0.321. The minimum atomic E-state index is -0.670. The van der Waals surface area contributed by atoms with Gasteiger partial charge in [-0.15, -0.1) is 0 Å². The Bertz CT molecular complexity index is 1110. The predicted molar refractivity (Wildman–Crippen MR) is 116 cm³/mol. The van der Waals surface area contributed by atoms with Crippen LogP contribution in [0, 0.1) is 27.2 Å². The van der Waals surface area contributed by atoms with E-state index in [1.807, 2.05) is 68.4 Å². The topological polar surface area (TPSA) is 111 Å². The molecule has 3 aromatic carbocycles. The second kappa shape index (κ2) is 8.95. The smallest absolute Gasteiger partial charge is 0.271 e. The zero-order chi connectivity index (χ0) is 21.7. The van der Waals surface area contributed by atoms with E-state index in [0.717, 1.165) is 22.8 Å². The van der Waals surface area contributed by atoms with Crippen molar-refractivity contribution < 1.29 is 9.85 Å². The number of anilines is 1. The average molecular weight is 404 g/mol. The Morgan fingerprint density at radius 1 is 0.933 bits per heavy atom. The van der Waals surface area contributed by atoms with Crippen molar-refractivity contribution in [3.8, 4) is 0 Å². The molecule has 0 saturated carbocycles. The van der Waals surface area contributed by atoms with Crippen molar-refractivity contribution in [2.45, 2.75) is 19.8 Å². The van der Waals surface area contributed by atoms with E-state index in [1.54, 1.807) is 0 Å². The molecular weight excluding hydrogens is 384 g/mol. The zero-order valence-corrected chi connectivity index (χ0v) is 16.5. The van der Waals surface area contributed by atoms with Crippen LogP contribution in [0.25, 0.3) is 0 Å². The molecule has 8 nitrogen and oxygen atoms in total. The summed E-state index contributed by atoms with van der Waals surface area (Å²) < 4.78 is 0. The normalized spacial score (nSPS) is 12.3. The van der Waals surface area contributed by atoms with Crippen LogP contribution in [0.3, 0.4) is 0 Å². The SMILES string of the molecule is Cc1ccccc1/C(=N\Nc1ccc([N+](=O)[O-])cc1[N+](=O)[O-])C(C)c1ccccc1. The molecule has 0 aromatic heterocycles. The van der Waals surface area contributed by atoms with Gasteiger partial charge in [-0.1, -0.05) is 61.5 Å². The number of benzene rings is 3. The van der Waals surface area contributed by atoms with Crippen LogP contribution in [0.1, 0.15) is 29.5 Å². The largest absolute Gasteiger partial charge is 0.301 e. The molecule has 0 aliphatic rings. The summed E-state index contributed by atoms with van der Waals surface area (Å²) in [6.45, 7) is 3.98. The first-order chi connectivity index (χ1) is 14.4. The molecule has 1 N–H and O–H groups in total. The Balaban J connectivity index is 2.06. The molecule has 0 spiro atoms. The highest BCUT2D eigenvalue weighted by Gasteiger charge is 2.21. The van der Waals surface area contributed by atoms with Crippen molar-refractivity contribution in [2.24, 2.45) is 5.10 Å². The molecule has 0 fully saturated rings. The Hall–Kier alpha value is -4.07. The van der Waals surface area contributed by atoms with Crippen LogP contribution in [0.5, 0.6) is 0 Å². The molecule has 0 aliphatic heterocycles. The summed E-state index contributed by atoms with van der Waals surface area (Å²) in [6.07, 6.45) is 0. The third-order valence-electron chi connectivity index (χ3n) is 4.82. The van der Waals surface area contributed by atoms with Gasteiger partial charge in [0, 0.05) is 17.5 Å². The fraction of sp³-hybridized carbons (Fsp3) is 0.136. The molecule has 152 valence electrons. The number of hydrazone groups is 1. The number of nitrogens with zero attached hydrogens (tertiary/aromatic N) is 3. The molecule has 0 radical (unpaired) electrons. The highest BCUT2D eigenvalue weighted by atomic mass is 16.6. The van der Waals surface area contributed by atoms with Crippen LogP contribution < -0.4 is 5.43 Å². The van der Waals surface area contributed by atoms with E-state index in [2.05, 4.69) is 10.5 Å². The van der Waals surface area contributed by atoms with Crippen molar-refractivity contribution in [2.75, 3.05) is 5.43 Å². The van der Waals surface area contributed by atoms with Crippen molar-refractivity contribution in [3.05, 3.63) is 110 Å². The van der Waals surface area contributed by atoms with Crippen LogP contribution in [0.15, 0.2) is 77.9 Å². The lowest BCUT2D eigenvalue weighted by Crippen LogP contribution is -2.15. The van der Waals surface area contributed by atoms with E-state index >= 15 is 0 Å². The van der Waals surface area contributed by atoms with Gasteiger partial charge in [0.1, 0.15) is 5.69 Å². The minimum Gasteiger partial charge on any atom is -0.271 e. The molecule has 0 amide bonds. The molecule has 1 unspecified atom stereocenters. The minimum absolute atomic E-state index is 0.0805. The molecule has 8 heteroatoms. The van der Waals surface area contributed by atoms with Crippen molar-refractivity contribution >= 4 is 22.8 Å². The second-order valence-corrected chi connectivity index (χ2v) is 6.77. The van der Waals surface area contributed by atoms with Gasteiger partial charge in [0.25, 0.3) is 5.69 Å². The van der Waals surface area contributed by atoms with E-state index in [4.69, 9.17) is 0 Å². The van der Waals surface area contributed by atoms with Gasteiger partial charge < -0.3 is 0 Å². The third kappa shape index (κ3) is 4.49. The van der Waals surface area contributed by atoms with Gasteiger partial charge in [-0.05, 0) is 24.1 Å². The van der Waals surface area contributed by atoms with E-state index in [0.29, 0.717) is 5.71 Å². The molecule has 0 saturated heterocycles. The van der Waals surface area contributed by atoms with Gasteiger partial charge in [0.15, 0.2) is 0 Å². The summed E-state index contributed by atoms with van der Waals surface area (Å²) in [7, 11) is 0. The first-order valence-corrected chi connectivity index (χ1v) is 9.26. The number of rotatable bonds is 7. The van der Waals surface area contributed by atoms with Crippen LogP contribution in [0.4, 0.5) is 17.1 Å². The number of nitro groups is 2. The first kappa shape index (κ1) is 20.7. The molecule has 3 aromatic rings. The Morgan fingerprint density at radius 2 is 1.60 bits per heavy atom. The number of aryl methyl sites for hydroxylation is 1. The standard InChI is InChI=1S/C22H20N4O4/c1-15-8-6-7-11-19(15)22(16(2)17-9-4-3-5-10-17)24-23-20-13-12-18(25(27)28)14-21(20)26(29)30/h3-14,16,23H,1-2H3/b24-22-. The van der Waals surface area contributed by atoms with Crippen molar-refractivity contribution in [3.63, 3.8) is 0 Å². The fourth-order valence-electron chi connectivity index (χ4n) is 3.15. The van der Waals surface area contributed by atoms with Crippen LogP contribution >= 0.6 is 0 Å². The maximum absolute atomic E-state index is 11.4. The summed E-state index contributed by atoms with van der Waals surface area (Å²) >= 11 is 0. The maximum Gasteiger partial charge on any atom is 0.301 e. The zero-order valence-electron chi connectivity index (χ0n) is 16.5. The average Bonchev–Trinajstić information content (AvgIpc) is 2.75. The molecule has 3 rings (SSSR count). The molecule has 30 heavy (non-hydrogen) atoms. The molecule has 0 heterocycles. The number of hydrogen-bond acceptors (Lipinski definition) is 6. The molecular formula is C22H20N4O4. The maximum atomic E-state index is 11.4. The van der Waals surface area contributed by atoms with E-state index in [-0.39, 0.29) is 17.3 Å². The summed E-state index contributed by atoms with van der Waals surface area (Å²) in [5, 5.41) is 26.9. The summed E-state index contributed by atoms with van der Waals surface area (Å²) in [6, 6.07) is 21.0. The fourth-order valence-corrected chi connectivity index (χ4v) is 3.15. The molecule has 0 bridgehead atoms. The van der Waals surface area contributed by atoms with Crippen LogP contribution in [-0.4, -0.2) is 15.6 Å². The highest BCUT2D eigenvalue weighted by molar-refractivity contribution is 6.06. The summed E-state index contributed by atoms with van der Waals surface area (Å²) in [5.74, 6) is -0.100. The molecule has 0 aliphatic carbocycles. The lowest BCUT2D eigenvalue weighted by Gasteiger charge is -2.18. The Labute approximate surface area is 173 Å². The van der Waals surface area contributed by atoms with Gasteiger partial charge in [-0.2, -0.15) is 5.10 Å². The highest BCUT2D eigenvalue weighted by Crippen LogP contribution is 2.30. The summed E-state index contributed by atoms with van der Waals surface area (Å²) in [4.78, 5) is 21.0. The number of hydrogen-bond donors (Lipinski definition) is 1. The van der Waals surface area contributed by atoms with Crippen molar-refractivity contribution in [1.82, 2.24) is 0 Å². The van der Waals surface area contributed by atoms with Gasteiger partial charge in [0.2, 0.25) is 0 Å². The van der Waals surface area contributed by atoms with Gasteiger partial charge in [-0.25, -0.2) is 0 Å². The van der Waals surface area contributed by atoms with E-state index in [9.17, 15) is 20.2 Å². The van der Waals surface area contributed by atoms with Gasteiger partial charge >= 0.3 is 5.69 Å². The van der Waals surface area contributed by atoms with Crippen LogP contribution in [-0.2, 0) is 0 Å². The second-order valence-electron chi connectivity index (χ2n) is 6.77. The molecule has 1 atom stereocenters. The Kier molecular flexibility index (Phi) is 6.17. The predicted octanol–water partition coefficient (Wildman–Crippen LogP) is 5.43. The van der Waals surface area contributed by atoms with Crippen molar-refractivity contribution in [1.29, 1.82) is 0 Å². The first-order valence-electron chi connectivity index (χ1n) is 9.26. The monoisotopic (exact) mass is 404 g/mol. The summed E-state index contributed by atoms with van der Waals surface area (Å²) in [5.41, 5.74) is 5.74. The number of non-ortho nitro benzene ring substituents is 1. The number of nitro benzene ring substituents is 2. The third-order valence-corrected chi connectivity index (χ3v) is 4.82.